The first-order chi connectivity index (χ1) is 8.56. The molecule has 2 N–H and O–H groups in total. The number of rotatable bonds is 3. The Balaban J connectivity index is 2.52. The van der Waals surface area contributed by atoms with E-state index >= 15 is 0 Å². The van der Waals surface area contributed by atoms with Crippen LogP contribution in [0.5, 0.6) is 5.75 Å². The van der Waals surface area contributed by atoms with Crippen molar-refractivity contribution in [1.29, 1.82) is 0 Å². The van der Waals surface area contributed by atoms with Gasteiger partial charge in [0.15, 0.2) is 0 Å². The molecule has 2 aromatic rings. The number of benzene rings is 1. The quantitative estimate of drug-likeness (QED) is 0.913. The summed E-state index contributed by atoms with van der Waals surface area (Å²) in [7, 11) is 1.71. The van der Waals surface area contributed by atoms with E-state index in [-0.39, 0.29) is 6.04 Å². The van der Waals surface area contributed by atoms with E-state index in [0.717, 1.165) is 11.3 Å². The molecule has 0 radical (unpaired) electrons. The first-order valence-electron chi connectivity index (χ1n) is 5.98. The second kappa shape index (κ2) is 5.12. The largest absolute Gasteiger partial charge is 0.496 e. The molecule has 96 valence electrons. The number of ether oxygens (including phenoxy) is 1. The topological polar surface area (TPSA) is 35.2 Å². The van der Waals surface area contributed by atoms with Gasteiger partial charge in [0.1, 0.15) is 5.75 Å². The Morgan fingerprint density at radius 2 is 1.78 bits per heavy atom. The monoisotopic (exact) mass is 261 g/mol. The molecule has 1 aromatic carbocycles. The molecule has 0 saturated heterocycles. The van der Waals surface area contributed by atoms with Gasteiger partial charge in [-0.2, -0.15) is 11.3 Å². The van der Waals surface area contributed by atoms with Gasteiger partial charge in [0, 0.05) is 5.56 Å². The third-order valence-corrected chi connectivity index (χ3v) is 4.36. The van der Waals surface area contributed by atoms with Crippen LogP contribution >= 0.6 is 11.3 Å². The fourth-order valence-corrected chi connectivity index (χ4v) is 3.07. The Kier molecular flexibility index (Phi) is 3.73. The second-order valence-electron chi connectivity index (χ2n) is 4.62. The highest BCUT2D eigenvalue weighted by molar-refractivity contribution is 7.08. The van der Waals surface area contributed by atoms with E-state index in [0.29, 0.717) is 0 Å². The van der Waals surface area contributed by atoms with Crippen LogP contribution in [0.4, 0.5) is 0 Å². The molecule has 0 amide bonds. The Morgan fingerprint density at radius 1 is 1.06 bits per heavy atom. The van der Waals surface area contributed by atoms with Gasteiger partial charge in [-0.3, -0.25) is 0 Å². The lowest BCUT2D eigenvalue weighted by atomic mass is 9.95. The molecule has 0 aliphatic carbocycles. The molecule has 0 aliphatic rings. The van der Waals surface area contributed by atoms with Crippen molar-refractivity contribution in [1.82, 2.24) is 0 Å². The van der Waals surface area contributed by atoms with Crippen molar-refractivity contribution in [2.24, 2.45) is 5.73 Å². The molecule has 0 spiro atoms. The molecule has 0 aliphatic heterocycles. The standard InChI is InChI=1S/C15H19NOS/c1-9-5-6-12(15(17-4)11(9)3)14(16)13-8-18-7-10(13)2/h5-8,14H,16H2,1-4H3. The van der Waals surface area contributed by atoms with Crippen LogP contribution in [0.3, 0.4) is 0 Å². The predicted molar refractivity (Wildman–Crippen MR) is 77.6 cm³/mol. The molecule has 1 aromatic heterocycles. The van der Waals surface area contributed by atoms with Gasteiger partial charge in [-0.1, -0.05) is 12.1 Å². The van der Waals surface area contributed by atoms with E-state index < -0.39 is 0 Å². The van der Waals surface area contributed by atoms with Crippen molar-refractivity contribution in [3.8, 4) is 5.75 Å². The second-order valence-corrected chi connectivity index (χ2v) is 5.36. The van der Waals surface area contributed by atoms with E-state index in [4.69, 9.17) is 10.5 Å². The van der Waals surface area contributed by atoms with Gasteiger partial charge in [0.05, 0.1) is 13.2 Å². The highest BCUT2D eigenvalue weighted by Gasteiger charge is 2.18. The molecule has 0 saturated carbocycles. The lowest BCUT2D eigenvalue weighted by Crippen LogP contribution is -2.14. The van der Waals surface area contributed by atoms with Crippen molar-refractivity contribution in [3.05, 3.63) is 50.7 Å². The molecular formula is C15H19NOS. The van der Waals surface area contributed by atoms with Crippen LogP contribution in [-0.2, 0) is 0 Å². The number of nitrogens with two attached hydrogens (primary N) is 1. The zero-order chi connectivity index (χ0) is 13.3. The van der Waals surface area contributed by atoms with Gasteiger partial charge in [0.25, 0.3) is 0 Å². The number of hydrogen-bond acceptors (Lipinski definition) is 3. The van der Waals surface area contributed by atoms with Crippen LogP contribution < -0.4 is 10.5 Å². The van der Waals surface area contributed by atoms with E-state index in [1.807, 2.05) is 0 Å². The summed E-state index contributed by atoms with van der Waals surface area (Å²) in [6.45, 7) is 6.26. The van der Waals surface area contributed by atoms with Gasteiger partial charge in [-0.05, 0) is 53.8 Å². The van der Waals surface area contributed by atoms with Crippen molar-refractivity contribution >= 4 is 11.3 Å². The minimum Gasteiger partial charge on any atom is -0.496 e. The van der Waals surface area contributed by atoms with Crippen molar-refractivity contribution in [3.63, 3.8) is 0 Å². The molecule has 2 rings (SSSR count). The molecule has 2 nitrogen and oxygen atoms in total. The van der Waals surface area contributed by atoms with Gasteiger partial charge >= 0.3 is 0 Å². The maximum Gasteiger partial charge on any atom is 0.127 e. The average molecular weight is 261 g/mol. The highest BCUT2D eigenvalue weighted by Crippen LogP contribution is 2.34. The lowest BCUT2D eigenvalue weighted by molar-refractivity contribution is 0.404. The van der Waals surface area contributed by atoms with E-state index in [1.54, 1.807) is 18.4 Å². The Hall–Kier alpha value is -1.32. The van der Waals surface area contributed by atoms with Crippen LogP contribution in [0.1, 0.15) is 33.9 Å². The zero-order valence-corrected chi connectivity index (χ0v) is 12.1. The summed E-state index contributed by atoms with van der Waals surface area (Å²) in [5, 5.41) is 4.25. The SMILES string of the molecule is COc1c(C(N)c2cscc2C)ccc(C)c1C. The van der Waals surface area contributed by atoms with Crippen molar-refractivity contribution in [2.75, 3.05) is 7.11 Å². The maximum absolute atomic E-state index is 6.38. The Labute approximate surface area is 112 Å². The van der Waals surface area contributed by atoms with Crippen molar-refractivity contribution in [2.45, 2.75) is 26.8 Å². The number of hydrogen-bond donors (Lipinski definition) is 1. The summed E-state index contributed by atoms with van der Waals surface area (Å²) in [5.74, 6) is 0.910. The third-order valence-electron chi connectivity index (χ3n) is 3.48. The fourth-order valence-electron chi connectivity index (χ4n) is 2.18. The molecule has 0 bridgehead atoms. The average Bonchev–Trinajstić information content (AvgIpc) is 2.78. The molecule has 3 heteroatoms. The van der Waals surface area contributed by atoms with Gasteiger partial charge in [0.2, 0.25) is 0 Å². The van der Waals surface area contributed by atoms with Crippen LogP contribution in [-0.4, -0.2) is 7.11 Å². The minimum atomic E-state index is -0.120. The molecule has 0 fully saturated rings. The van der Waals surface area contributed by atoms with Crippen LogP contribution in [0.25, 0.3) is 0 Å². The van der Waals surface area contributed by atoms with E-state index in [2.05, 4.69) is 43.7 Å². The Morgan fingerprint density at radius 3 is 2.33 bits per heavy atom. The third kappa shape index (κ3) is 2.16. The molecule has 1 heterocycles. The number of methoxy groups -OCH3 is 1. The highest BCUT2D eigenvalue weighted by atomic mass is 32.1. The van der Waals surface area contributed by atoms with Gasteiger partial charge in [-0.15, -0.1) is 0 Å². The van der Waals surface area contributed by atoms with E-state index in [1.165, 1.54) is 22.3 Å². The summed E-state index contributed by atoms with van der Waals surface area (Å²) in [4.78, 5) is 0. The summed E-state index contributed by atoms with van der Waals surface area (Å²) in [6.07, 6.45) is 0. The molecule has 1 atom stereocenters. The predicted octanol–water partition coefficient (Wildman–Crippen LogP) is 3.73. The lowest BCUT2D eigenvalue weighted by Gasteiger charge is -2.19. The zero-order valence-electron chi connectivity index (χ0n) is 11.3. The minimum absolute atomic E-state index is 0.120. The summed E-state index contributed by atoms with van der Waals surface area (Å²) < 4.78 is 5.54. The van der Waals surface area contributed by atoms with Crippen LogP contribution in [0.15, 0.2) is 22.9 Å². The van der Waals surface area contributed by atoms with Crippen LogP contribution in [0, 0.1) is 20.8 Å². The van der Waals surface area contributed by atoms with Crippen LogP contribution in [0.2, 0.25) is 0 Å². The number of thiophene rings is 1. The molecular weight excluding hydrogens is 242 g/mol. The summed E-state index contributed by atoms with van der Waals surface area (Å²) >= 11 is 1.69. The summed E-state index contributed by atoms with van der Waals surface area (Å²) in [6, 6.07) is 4.06. The summed E-state index contributed by atoms with van der Waals surface area (Å²) in [5.41, 5.74) is 12.3. The van der Waals surface area contributed by atoms with Gasteiger partial charge in [-0.25, -0.2) is 0 Å². The maximum atomic E-state index is 6.38. The molecule has 1 unspecified atom stereocenters. The van der Waals surface area contributed by atoms with E-state index in [9.17, 15) is 0 Å². The Bertz CT molecular complexity index is 560. The molecule has 18 heavy (non-hydrogen) atoms. The smallest absolute Gasteiger partial charge is 0.127 e. The first-order valence-corrected chi connectivity index (χ1v) is 6.93. The van der Waals surface area contributed by atoms with Gasteiger partial charge < -0.3 is 10.5 Å². The first kappa shape index (κ1) is 13.1. The normalized spacial score (nSPS) is 12.5. The fraction of sp³-hybridized carbons (Fsp3) is 0.333. The number of aryl methyl sites for hydroxylation is 2. The van der Waals surface area contributed by atoms with Crippen molar-refractivity contribution < 1.29 is 4.74 Å².